The van der Waals surface area contributed by atoms with Gasteiger partial charge >= 0.3 is 0 Å². The highest BCUT2D eigenvalue weighted by Crippen LogP contribution is 2.21. The first-order chi connectivity index (χ1) is 9.24. The highest BCUT2D eigenvalue weighted by Gasteiger charge is 2.21. The Morgan fingerprint density at radius 3 is 3.00 bits per heavy atom. The quantitative estimate of drug-likeness (QED) is 0.900. The van der Waals surface area contributed by atoms with Gasteiger partial charge in [0.25, 0.3) is 0 Å². The summed E-state index contributed by atoms with van der Waals surface area (Å²) in [5.41, 5.74) is 1.56. The van der Waals surface area contributed by atoms with Crippen LogP contribution in [0.1, 0.15) is 24.5 Å². The van der Waals surface area contributed by atoms with Gasteiger partial charge in [-0.1, -0.05) is 13.0 Å². The zero-order valence-corrected chi connectivity index (χ0v) is 11.5. The Labute approximate surface area is 114 Å². The van der Waals surface area contributed by atoms with Crippen LogP contribution < -0.4 is 10.1 Å². The van der Waals surface area contributed by atoms with Gasteiger partial charge in [0, 0.05) is 6.54 Å². The summed E-state index contributed by atoms with van der Waals surface area (Å²) in [6, 6.07) is 7.74. The van der Waals surface area contributed by atoms with Crippen LogP contribution in [-0.4, -0.2) is 26.3 Å². The van der Waals surface area contributed by atoms with Crippen molar-refractivity contribution in [2.75, 3.05) is 20.2 Å². The number of methoxy groups -OCH3 is 1. The third-order valence-corrected chi connectivity index (χ3v) is 3.61. The van der Waals surface area contributed by atoms with Crippen molar-refractivity contribution in [3.8, 4) is 11.8 Å². The van der Waals surface area contributed by atoms with E-state index in [9.17, 15) is 0 Å². The third-order valence-electron chi connectivity index (χ3n) is 3.61. The van der Waals surface area contributed by atoms with Crippen molar-refractivity contribution in [3.05, 3.63) is 29.3 Å². The minimum Gasteiger partial charge on any atom is -0.495 e. The molecule has 2 atom stereocenters. The van der Waals surface area contributed by atoms with Gasteiger partial charge in [0.2, 0.25) is 0 Å². The number of piperidine rings is 1. The molecule has 2 rings (SSSR count). The summed E-state index contributed by atoms with van der Waals surface area (Å²) in [5.74, 6) is 1.19. The van der Waals surface area contributed by atoms with Gasteiger partial charge in [0.05, 0.1) is 25.4 Å². The van der Waals surface area contributed by atoms with Gasteiger partial charge in [0.15, 0.2) is 0 Å². The summed E-state index contributed by atoms with van der Waals surface area (Å²) in [6.07, 6.45) is 1.40. The largest absolute Gasteiger partial charge is 0.495 e. The van der Waals surface area contributed by atoms with Crippen molar-refractivity contribution in [1.82, 2.24) is 5.32 Å². The number of hydrogen-bond acceptors (Lipinski definition) is 4. The fourth-order valence-electron chi connectivity index (χ4n) is 2.32. The number of hydrogen-bond donors (Lipinski definition) is 1. The van der Waals surface area contributed by atoms with E-state index >= 15 is 0 Å². The maximum Gasteiger partial charge on any atom is 0.136 e. The summed E-state index contributed by atoms with van der Waals surface area (Å²) in [6.45, 7) is 4.74. The van der Waals surface area contributed by atoms with Crippen molar-refractivity contribution >= 4 is 0 Å². The summed E-state index contributed by atoms with van der Waals surface area (Å²) in [4.78, 5) is 0. The van der Waals surface area contributed by atoms with Crippen LogP contribution in [0.4, 0.5) is 0 Å². The Hall–Kier alpha value is -1.57. The zero-order chi connectivity index (χ0) is 13.7. The summed E-state index contributed by atoms with van der Waals surface area (Å²) in [7, 11) is 1.57. The predicted molar refractivity (Wildman–Crippen MR) is 72.9 cm³/mol. The molecule has 0 aromatic heterocycles. The van der Waals surface area contributed by atoms with Crippen molar-refractivity contribution < 1.29 is 9.47 Å². The van der Waals surface area contributed by atoms with E-state index in [1.807, 2.05) is 18.2 Å². The van der Waals surface area contributed by atoms with Gasteiger partial charge < -0.3 is 14.8 Å². The number of ether oxygens (including phenoxy) is 2. The van der Waals surface area contributed by atoms with Crippen LogP contribution in [0.25, 0.3) is 0 Å². The van der Waals surface area contributed by atoms with E-state index < -0.39 is 0 Å². The summed E-state index contributed by atoms with van der Waals surface area (Å²) in [5, 5.41) is 12.4. The van der Waals surface area contributed by atoms with E-state index in [-0.39, 0.29) is 6.10 Å². The zero-order valence-electron chi connectivity index (χ0n) is 11.5. The van der Waals surface area contributed by atoms with E-state index in [2.05, 4.69) is 18.3 Å². The number of nitrogens with one attached hydrogen (secondary N) is 1. The fourth-order valence-corrected chi connectivity index (χ4v) is 2.32. The van der Waals surface area contributed by atoms with Gasteiger partial charge in [-0.05, 0) is 36.6 Å². The van der Waals surface area contributed by atoms with Crippen LogP contribution in [0.5, 0.6) is 5.75 Å². The van der Waals surface area contributed by atoms with Crippen molar-refractivity contribution in [2.45, 2.75) is 26.1 Å². The molecule has 1 heterocycles. The first-order valence-electron chi connectivity index (χ1n) is 6.64. The Bertz CT molecular complexity index is 468. The van der Waals surface area contributed by atoms with Crippen molar-refractivity contribution in [2.24, 2.45) is 5.92 Å². The molecule has 102 valence electrons. The molecule has 0 bridgehead atoms. The van der Waals surface area contributed by atoms with Crippen LogP contribution in [0.15, 0.2) is 18.2 Å². The van der Waals surface area contributed by atoms with E-state index in [1.54, 1.807) is 7.11 Å². The van der Waals surface area contributed by atoms with Gasteiger partial charge in [-0.2, -0.15) is 5.26 Å². The Morgan fingerprint density at radius 2 is 2.32 bits per heavy atom. The predicted octanol–water partition coefficient (Wildman–Crippen LogP) is 2.08. The van der Waals surface area contributed by atoms with Crippen LogP contribution in [0.3, 0.4) is 0 Å². The van der Waals surface area contributed by atoms with E-state index in [0.29, 0.717) is 23.8 Å². The van der Waals surface area contributed by atoms with Gasteiger partial charge in [-0.3, -0.25) is 0 Å². The minimum absolute atomic E-state index is 0.251. The first kappa shape index (κ1) is 13.9. The first-order valence-corrected chi connectivity index (χ1v) is 6.64. The molecule has 1 aromatic carbocycles. The monoisotopic (exact) mass is 260 g/mol. The molecule has 4 nitrogen and oxygen atoms in total. The van der Waals surface area contributed by atoms with Crippen LogP contribution in [0.2, 0.25) is 0 Å². The highest BCUT2D eigenvalue weighted by atomic mass is 16.5. The standard InChI is InChI=1S/C15H20N2O2/c1-11-5-6-17-9-15(11)19-10-12-3-4-14(18-2)13(7-12)8-16/h3-4,7,11,15,17H,5-6,9-10H2,1-2H3. The molecular weight excluding hydrogens is 240 g/mol. The Morgan fingerprint density at radius 1 is 1.47 bits per heavy atom. The second-order valence-electron chi connectivity index (χ2n) is 4.97. The molecule has 0 radical (unpaired) electrons. The lowest BCUT2D eigenvalue weighted by atomic mass is 9.97. The molecule has 1 aromatic rings. The van der Waals surface area contributed by atoms with Crippen LogP contribution >= 0.6 is 0 Å². The molecule has 4 heteroatoms. The maximum atomic E-state index is 9.05. The van der Waals surface area contributed by atoms with Crippen LogP contribution in [-0.2, 0) is 11.3 Å². The van der Waals surface area contributed by atoms with Gasteiger partial charge in [0.1, 0.15) is 11.8 Å². The van der Waals surface area contributed by atoms with E-state index in [0.717, 1.165) is 25.1 Å². The van der Waals surface area contributed by atoms with E-state index in [4.69, 9.17) is 14.7 Å². The highest BCUT2D eigenvalue weighted by molar-refractivity contribution is 5.45. The molecule has 1 aliphatic heterocycles. The molecule has 0 spiro atoms. The van der Waals surface area contributed by atoms with Crippen molar-refractivity contribution in [1.29, 1.82) is 5.26 Å². The molecule has 0 amide bonds. The average molecular weight is 260 g/mol. The fraction of sp³-hybridized carbons (Fsp3) is 0.533. The average Bonchev–Trinajstić information content (AvgIpc) is 2.46. The lowest BCUT2D eigenvalue weighted by molar-refractivity contribution is -0.00659. The molecule has 1 saturated heterocycles. The summed E-state index contributed by atoms with van der Waals surface area (Å²) < 4.78 is 11.1. The number of rotatable bonds is 4. The molecule has 1 fully saturated rings. The lowest BCUT2D eigenvalue weighted by Gasteiger charge is -2.29. The second-order valence-corrected chi connectivity index (χ2v) is 4.97. The second kappa shape index (κ2) is 6.55. The normalized spacial score (nSPS) is 22.8. The molecule has 1 aliphatic rings. The molecular formula is C15H20N2O2. The van der Waals surface area contributed by atoms with Crippen molar-refractivity contribution in [3.63, 3.8) is 0 Å². The SMILES string of the molecule is COc1ccc(COC2CNCCC2C)cc1C#N. The summed E-state index contributed by atoms with van der Waals surface area (Å²) >= 11 is 0. The molecule has 1 N–H and O–H groups in total. The van der Waals surface area contributed by atoms with Crippen LogP contribution in [0, 0.1) is 17.2 Å². The lowest BCUT2D eigenvalue weighted by Crippen LogP contribution is -2.40. The topological polar surface area (TPSA) is 54.3 Å². The maximum absolute atomic E-state index is 9.05. The molecule has 2 unspecified atom stereocenters. The number of benzene rings is 1. The minimum atomic E-state index is 0.251. The van der Waals surface area contributed by atoms with Gasteiger partial charge in [-0.15, -0.1) is 0 Å². The third kappa shape index (κ3) is 3.46. The van der Waals surface area contributed by atoms with E-state index in [1.165, 1.54) is 0 Å². The smallest absolute Gasteiger partial charge is 0.136 e. The van der Waals surface area contributed by atoms with Gasteiger partial charge in [-0.25, -0.2) is 0 Å². The Balaban J connectivity index is 1.98. The molecule has 0 saturated carbocycles. The molecule has 0 aliphatic carbocycles. The number of nitrogens with zero attached hydrogens (tertiary/aromatic N) is 1. The Kier molecular flexibility index (Phi) is 4.78. The molecule has 19 heavy (non-hydrogen) atoms. The number of nitriles is 1.